The Morgan fingerprint density at radius 1 is 1.48 bits per heavy atom. The highest BCUT2D eigenvalue weighted by Gasteiger charge is 2.23. The average molecular weight is 324 g/mol. The summed E-state index contributed by atoms with van der Waals surface area (Å²) in [5, 5.41) is 8.89. The van der Waals surface area contributed by atoms with Crippen LogP contribution in [-0.2, 0) is 14.8 Å². The van der Waals surface area contributed by atoms with E-state index >= 15 is 0 Å². The third-order valence-electron chi connectivity index (χ3n) is 2.49. The molecule has 0 aliphatic heterocycles. The molecule has 21 heavy (non-hydrogen) atoms. The van der Waals surface area contributed by atoms with Crippen LogP contribution in [0.1, 0.15) is 10.4 Å². The number of nitrogens with two attached hydrogens (primary N) is 1. The molecule has 0 bridgehead atoms. The minimum atomic E-state index is -4.19. The van der Waals surface area contributed by atoms with Crippen LogP contribution in [0.2, 0.25) is 0 Å². The number of alkyl halides is 2. The van der Waals surface area contributed by atoms with E-state index in [4.69, 9.17) is 10.8 Å². The molecule has 0 aliphatic carbocycles. The Kier molecular flexibility index (Phi) is 5.58. The van der Waals surface area contributed by atoms with Gasteiger partial charge in [0.05, 0.1) is 18.4 Å². The number of aliphatic hydroxyl groups is 1. The number of rotatable bonds is 6. The molecule has 0 radical (unpaired) electrons. The lowest BCUT2D eigenvalue weighted by Gasteiger charge is -2.13. The second kappa shape index (κ2) is 6.78. The SMILES string of the molecule is COC(=O)c1ccc(S(=O)(=O)NCC(O)C(F)F)c(N)c1. The number of benzene rings is 1. The van der Waals surface area contributed by atoms with Crippen LogP contribution in [-0.4, -0.2) is 45.7 Å². The standard InChI is InChI=1S/C11H14F2N2O5S/c1-20-11(17)6-2-3-9(7(14)4-6)21(18,19)15-5-8(16)10(12)13/h2-4,8,10,15-16H,5,14H2,1H3. The monoisotopic (exact) mass is 324 g/mol. The maximum Gasteiger partial charge on any atom is 0.337 e. The summed E-state index contributed by atoms with van der Waals surface area (Å²) in [5.41, 5.74) is 5.32. The predicted molar refractivity (Wildman–Crippen MR) is 69.4 cm³/mol. The summed E-state index contributed by atoms with van der Waals surface area (Å²) in [7, 11) is -3.04. The zero-order valence-corrected chi connectivity index (χ0v) is 11.7. The lowest BCUT2D eigenvalue weighted by molar-refractivity contribution is -0.000451. The van der Waals surface area contributed by atoms with Crippen molar-refractivity contribution >= 4 is 21.7 Å². The third-order valence-corrected chi connectivity index (χ3v) is 3.99. The number of sulfonamides is 1. The largest absolute Gasteiger partial charge is 0.465 e. The van der Waals surface area contributed by atoms with E-state index < -0.39 is 40.0 Å². The molecule has 1 rings (SSSR count). The number of carbonyl (C=O) groups excluding carboxylic acids is 1. The molecule has 10 heteroatoms. The number of carbonyl (C=O) groups is 1. The van der Waals surface area contributed by atoms with Gasteiger partial charge < -0.3 is 15.6 Å². The quantitative estimate of drug-likeness (QED) is 0.499. The van der Waals surface area contributed by atoms with E-state index in [1.165, 1.54) is 6.07 Å². The van der Waals surface area contributed by atoms with Gasteiger partial charge in [-0.15, -0.1) is 0 Å². The molecule has 0 fully saturated rings. The minimum Gasteiger partial charge on any atom is -0.465 e. The molecule has 4 N–H and O–H groups in total. The molecule has 0 amide bonds. The Morgan fingerprint density at radius 2 is 2.10 bits per heavy atom. The predicted octanol–water partition coefficient (Wildman–Crippen LogP) is -0.0403. The number of esters is 1. The minimum absolute atomic E-state index is 0.0431. The third kappa shape index (κ3) is 4.34. The number of aliphatic hydroxyl groups excluding tert-OH is 1. The topological polar surface area (TPSA) is 119 Å². The first-order valence-electron chi connectivity index (χ1n) is 5.62. The Bertz CT molecular complexity index is 621. The molecule has 0 aliphatic rings. The fraction of sp³-hybridized carbons (Fsp3) is 0.364. The zero-order valence-electron chi connectivity index (χ0n) is 10.9. The van der Waals surface area contributed by atoms with Crippen LogP contribution >= 0.6 is 0 Å². The number of hydrogen-bond donors (Lipinski definition) is 3. The summed E-state index contributed by atoms with van der Waals surface area (Å²) >= 11 is 0. The molecular weight excluding hydrogens is 310 g/mol. The molecule has 1 atom stereocenters. The van der Waals surface area contributed by atoms with Crippen molar-refractivity contribution in [3.8, 4) is 0 Å². The first kappa shape index (κ1) is 17.3. The molecule has 1 aromatic rings. The molecule has 0 saturated heterocycles. The van der Waals surface area contributed by atoms with Gasteiger partial charge in [0.15, 0.2) is 0 Å². The van der Waals surface area contributed by atoms with Gasteiger partial charge in [0.1, 0.15) is 11.0 Å². The van der Waals surface area contributed by atoms with E-state index in [0.29, 0.717) is 0 Å². The number of hydrogen-bond acceptors (Lipinski definition) is 6. The van der Waals surface area contributed by atoms with Gasteiger partial charge in [-0.1, -0.05) is 0 Å². The molecule has 0 saturated carbocycles. The highest BCUT2D eigenvalue weighted by Crippen LogP contribution is 2.20. The molecule has 1 aromatic carbocycles. The molecule has 0 aromatic heterocycles. The number of nitrogens with one attached hydrogen (secondary N) is 1. The number of nitrogen functional groups attached to an aromatic ring is 1. The van der Waals surface area contributed by atoms with Gasteiger partial charge >= 0.3 is 5.97 Å². The molecular formula is C11H14F2N2O5S. The van der Waals surface area contributed by atoms with Crippen LogP contribution in [0.3, 0.4) is 0 Å². The summed E-state index contributed by atoms with van der Waals surface area (Å²) in [4.78, 5) is 10.9. The van der Waals surface area contributed by atoms with Gasteiger partial charge in [-0.2, -0.15) is 0 Å². The van der Waals surface area contributed by atoms with E-state index in [2.05, 4.69) is 4.74 Å². The van der Waals surface area contributed by atoms with Crippen LogP contribution < -0.4 is 10.5 Å². The van der Waals surface area contributed by atoms with Crippen molar-refractivity contribution in [1.29, 1.82) is 0 Å². The fourth-order valence-electron chi connectivity index (χ4n) is 1.40. The molecule has 0 spiro atoms. The van der Waals surface area contributed by atoms with E-state index in [0.717, 1.165) is 19.2 Å². The van der Waals surface area contributed by atoms with Crippen molar-refractivity contribution < 1.29 is 31.8 Å². The Labute approximate surface area is 119 Å². The van der Waals surface area contributed by atoms with E-state index in [9.17, 15) is 22.0 Å². The number of anilines is 1. The Hall–Kier alpha value is -1.78. The Balaban J connectivity index is 2.96. The first-order valence-corrected chi connectivity index (χ1v) is 7.11. The van der Waals surface area contributed by atoms with Crippen LogP contribution in [0.5, 0.6) is 0 Å². The van der Waals surface area contributed by atoms with Crippen LogP contribution in [0.15, 0.2) is 23.1 Å². The van der Waals surface area contributed by atoms with E-state index in [1.54, 1.807) is 4.72 Å². The average Bonchev–Trinajstić information content (AvgIpc) is 2.43. The van der Waals surface area contributed by atoms with Gasteiger partial charge in [-0.05, 0) is 18.2 Å². The maximum absolute atomic E-state index is 12.1. The second-order valence-electron chi connectivity index (χ2n) is 4.00. The van der Waals surface area contributed by atoms with Crippen molar-refractivity contribution in [1.82, 2.24) is 4.72 Å². The van der Waals surface area contributed by atoms with Crippen LogP contribution in [0.4, 0.5) is 14.5 Å². The molecule has 118 valence electrons. The molecule has 0 heterocycles. The summed E-state index contributed by atoms with van der Waals surface area (Å²) in [6, 6.07) is 3.29. The number of halogens is 2. The lowest BCUT2D eigenvalue weighted by Crippen LogP contribution is -2.36. The van der Waals surface area contributed by atoms with Crippen molar-refractivity contribution in [3.05, 3.63) is 23.8 Å². The van der Waals surface area contributed by atoms with Gasteiger partial charge in [0.25, 0.3) is 6.43 Å². The summed E-state index contributed by atoms with van der Waals surface area (Å²) < 4.78 is 54.2. The van der Waals surface area contributed by atoms with Crippen LogP contribution in [0.25, 0.3) is 0 Å². The van der Waals surface area contributed by atoms with Gasteiger partial charge in [-0.25, -0.2) is 26.7 Å². The first-order chi connectivity index (χ1) is 9.69. The van der Waals surface area contributed by atoms with Crippen molar-refractivity contribution in [2.24, 2.45) is 0 Å². The lowest BCUT2D eigenvalue weighted by atomic mass is 10.2. The summed E-state index contributed by atoms with van der Waals surface area (Å²) in [5.74, 6) is -0.702. The summed E-state index contributed by atoms with van der Waals surface area (Å²) in [6.45, 7) is -0.863. The van der Waals surface area contributed by atoms with Gasteiger partial charge in [0, 0.05) is 6.54 Å². The highest BCUT2D eigenvalue weighted by molar-refractivity contribution is 7.89. The zero-order chi connectivity index (χ0) is 16.2. The number of methoxy groups -OCH3 is 1. The maximum atomic E-state index is 12.1. The molecule has 1 unspecified atom stereocenters. The Morgan fingerprint density at radius 3 is 2.57 bits per heavy atom. The second-order valence-corrected chi connectivity index (χ2v) is 5.73. The van der Waals surface area contributed by atoms with Gasteiger partial charge in [0.2, 0.25) is 10.0 Å². The summed E-state index contributed by atoms with van der Waals surface area (Å²) in [6.07, 6.45) is -5.21. The number of ether oxygens (including phenoxy) is 1. The van der Waals surface area contributed by atoms with Gasteiger partial charge in [-0.3, -0.25) is 0 Å². The van der Waals surface area contributed by atoms with Crippen molar-refractivity contribution in [2.75, 3.05) is 19.4 Å². The van der Waals surface area contributed by atoms with E-state index in [-0.39, 0.29) is 11.3 Å². The van der Waals surface area contributed by atoms with Crippen molar-refractivity contribution in [2.45, 2.75) is 17.4 Å². The highest BCUT2D eigenvalue weighted by atomic mass is 32.2. The van der Waals surface area contributed by atoms with Crippen molar-refractivity contribution in [3.63, 3.8) is 0 Å². The molecule has 7 nitrogen and oxygen atoms in total. The van der Waals surface area contributed by atoms with E-state index in [1.807, 2.05) is 0 Å². The normalized spacial score (nSPS) is 13.2. The van der Waals surface area contributed by atoms with Crippen LogP contribution in [0, 0.1) is 0 Å². The smallest absolute Gasteiger partial charge is 0.337 e. The fourth-order valence-corrected chi connectivity index (χ4v) is 2.56.